The largest absolute Gasteiger partial charge is 0.477 e. The van der Waals surface area contributed by atoms with Crippen LogP contribution in [0.5, 0.6) is 0 Å². The van der Waals surface area contributed by atoms with Gasteiger partial charge in [0.1, 0.15) is 5.56 Å². The number of hydrogen-bond acceptors (Lipinski definition) is 4. The van der Waals surface area contributed by atoms with Crippen molar-refractivity contribution in [1.29, 1.82) is 0 Å². The molecule has 0 bridgehead atoms. The molecule has 0 saturated heterocycles. The second-order valence-corrected chi connectivity index (χ2v) is 3.59. The van der Waals surface area contributed by atoms with Gasteiger partial charge in [0, 0.05) is 14.1 Å². The van der Waals surface area contributed by atoms with E-state index in [1.807, 2.05) is 0 Å². The lowest BCUT2D eigenvalue weighted by molar-refractivity contribution is -0.385. The zero-order valence-corrected chi connectivity index (χ0v) is 9.45. The monoisotopic (exact) mass is 236 g/mol. The summed E-state index contributed by atoms with van der Waals surface area (Å²) in [5.74, 6) is -1.31. The second-order valence-electron chi connectivity index (χ2n) is 3.59. The average Bonchev–Trinajstić information content (AvgIpc) is 2.25. The average molecular weight is 236 g/mol. The van der Waals surface area contributed by atoms with Gasteiger partial charge < -0.3 is 10.0 Å². The number of benzene rings is 1. The van der Waals surface area contributed by atoms with E-state index in [4.69, 9.17) is 5.11 Å². The first-order chi connectivity index (χ1) is 7.93. The fourth-order valence-electron chi connectivity index (χ4n) is 1.30. The Balaban J connectivity index is 3.35. The van der Waals surface area contributed by atoms with Crippen molar-refractivity contribution in [3.8, 4) is 0 Å². The van der Waals surface area contributed by atoms with Gasteiger partial charge in [-0.1, -0.05) is 6.07 Å². The third-order valence-electron chi connectivity index (χ3n) is 2.03. The molecule has 17 heavy (non-hydrogen) atoms. The fraction of sp³-hybridized carbons (Fsp3) is 0.182. The Morgan fingerprint density at radius 1 is 1.47 bits per heavy atom. The Bertz CT molecular complexity index is 480. The molecule has 90 valence electrons. The molecule has 0 aliphatic heterocycles. The summed E-state index contributed by atoms with van der Waals surface area (Å²) in [6, 6.07) is 4.20. The third-order valence-corrected chi connectivity index (χ3v) is 2.03. The highest BCUT2D eigenvalue weighted by atomic mass is 16.6. The minimum atomic E-state index is -1.31. The van der Waals surface area contributed by atoms with Crippen LogP contribution in [0.15, 0.2) is 24.4 Å². The number of carbonyl (C=O) groups is 1. The van der Waals surface area contributed by atoms with Crippen LogP contribution in [0.2, 0.25) is 0 Å². The number of nitro groups is 1. The van der Waals surface area contributed by atoms with E-state index in [0.717, 1.165) is 0 Å². The molecule has 6 nitrogen and oxygen atoms in total. The predicted molar refractivity (Wildman–Crippen MR) is 62.8 cm³/mol. The topological polar surface area (TPSA) is 83.7 Å². The molecule has 0 aliphatic carbocycles. The van der Waals surface area contributed by atoms with Crippen molar-refractivity contribution in [2.24, 2.45) is 0 Å². The third kappa shape index (κ3) is 3.04. The second kappa shape index (κ2) is 5.11. The first-order valence-corrected chi connectivity index (χ1v) is 4.79. The van der Waals surface area contributed by atoms with E-state index in [2.05, 4.69) is 0 Å². The molecule has 6 heteroatoms. The van der Waals surface area contributed by atoms with E-state index in [1.165, 1.54) is 24.3 Å². The number of carboxylic acid groups (broad SMARTS) is 1. The van der Waals surface area contributed by atoms with Crippen molar-refractivity contribution in [2.75, 3.05) is 14.1 Å². The van der Waals surface area contributed by atoms with Crippen molar-refractivity contribution in [3.63, 3.8) is 0 Å². The lowest BCUT2D eigenvalue weighted by atomic mass is 10.1. The smallest absolute Gasteiger partial charge is 0.342 e. The highest BCUT2D eigenvalue weighted by Gasteiger charge is 2.22. The Morgan fingerprint density at radius 2 is 2.12 bits per heavy atom. The van der Waals surface area contributed by atoms with Crippen LogP contribution in [0.25, 0.3) is 6.08 Å². The van der Waals surface area contributed by atoms with Crippen molar-refractivity contribution < 1.29 is 14.8 Å². The molecule has 1 N–H and O–H groups in total. The molecule has 1 aromatic carbocycles. The molecular weight excluding hydrogens is 224 g/mol. The van der Waals surface area contributed by atoms with Crippen LogP contribution in [0, 0.1) is 10.1 Å². The molecule has 0 amide bonds. The van der Waals surface area contributed by atoms with E-state index in [-0.39, 0.29) is 11.1 Å². The van der Waals surface area contributed by atoms with Gasteiger partial charge in [0.2, 0.25) is 0 Å². The molecule has 0 heterocycles. The summed E-state index contributed by atoms with van der Waals surface area (Å²) in [5.41, 5.74) is -0.433. The molecule has 0 radical (unpaired) electrons. The van der Waals surface area contributed by atoms with Crippen molar-refractivity contribution in [3.05, 3.63) is 45.6 Å². The maximum absolute atomic E-state index is 10.9. The van der Waals surface area contributed by atoms with E-state index >= 15 is 0 Å². The summed E-state index contributed by atoms with van der Waals surface area (Å²) in [4.78, 5) is 22.8. The maximum Gasteiger partial charge on any atom is 0.342 e. The van der Waals surface area contributed by atoms with Gasteiger partial charge in [0.05, 0.1) is 10.5 Å². The molecule has 0 aliphatic rings. The Morgan fingerprint density at radius 3 is 2.59 bits per heavy atom. The van der Waals surface area contributed by atoms with Gasteiger partial charge >= 0.3 is 5.97 Å². The maximum atomic E-state index is 10.9. The number of rotatable bonds is 4. The molecule has 0 aromatic heterocycles. The summed E-state index contributed by atoms with van der Waals surface area (Å²) in [6.07, 6.45) is 3.12. The number of carboxylic acids is 1. The van der Waals surface area contributed by atoms with Crippen LogP contribution in [0.1, 0.15) is 15.9 Å². The molecule has 0 unspecified atom stereocenters. The van der Waals surface area contributed by atoms with Crippen LogP contribution in [0.4, 0.5) is 5.69 Å². The number of nitro benzene ring substituents is 1. The summed E-state index contributed by atoms with van der Waals surface area (Å²) >= 11 is 0. The minimum Gasteiger partial charge on any atom is -0.477 e. The van der Waals surface area contributed by atoms with E-state index < -0.39 is 16.6 Å². The van der Waals surface area contributed by atoms with Gasteiger partial charge in [0.15, 0.2) is 0 Å². The lowest BCUT2D eigenvalue weighted by Gasteiger charge is -2.05. The fourth-order valence-corrected chi connectivity index (χ4v) is 1.30. The summed E-state index contributed by atoms with van der Waals surface area (Å²) in [7, 11) is 3.53. The van der Waals surface area contributed by atoms with Crippen LogP contribution in [-0.4, -0.2) is 35.0 Å². The quantitative estimate of drug-likeness (QED) is 0.636. The van der Waals surface area contributed by atoms with E-state index in [0.29, 0.717) is 0 Å². The van der Waals surface area contributed by atoms with Crippen molar-refractivity contribution in [1.82, 2.24) is 4.90 Å². The van der Waals surface area contributed by atoms with Gasteiger partial charge in [0.25, 0.3) is 5.69 Å². The standard InChI is InChI=1S/C11H12N2O4/c1-12(2)7-6-8-4-3-5-9(11(14)15)10(8)13(16)17/h3-7H,1-2H3,(H,14,15)/b7-6+. The highest BCUT2D eigenvalue weighted by molar-refractivity contribution is 5.94. The zero-order chi connectivity index (χ0) is 13.0. The SMILES string of the molecule is CN(C)/C=C/c1cccc(C(=O)O)c1[N+](=O)[O-]. The van der Waals surface area contributed by atoms with Gasteiger partial charge in [-0.25, -0.2) is 4.79 Å². The van der Waals surface area contributed by atoms with Crippen LogP contribution >= 0.6 is 0 Å². The Kier molecular flexibility index (Phi) is 3.82. The minimum absolute atomic E-state index is 0.267. The Hall–Kier alpha value is -2.37. The van der Waals surface area contributed by atoms with Crippen LogP contribution in [0.3, 0.4) is 0 Å². The predicted octanol–water partition coefficient (Wildman–Crippen LogP) is 1.83. The molecule has 1 rings (SSSR count). The summed E-state index contributed by atoms with van der Waals surface area (Å²) in [6.45, 7) is 0. The number of aromatic carboxylic acids is 1. The van der Waals surface area contributed by atoms with Gasteiger partial charge in [-0.2, -0.15) is 0 Å². The van der Waals surface area contributed by atoms with Crippen molar-refractivity contribution >= 4 is 17.7 Å². The highest BCUT2D eigenvalue weighted by Crippen LogP contribution is 2.25. The van der Waals surface area contributed by atoms with Gasteiger partial charge in [-0.15, -0.1) is 0 Å². The molecular formula is C11H12N2O4. The number of nitrogens with zero attached hydrogens (tertiary/aromatic N) is 2. The van der Waals surface area contributed by atoms with Crippen molar-refractivity contribution in [2.45, 2.75) is 0 Å². The molecule has 0 spiro atoms. The Labute approximate surface area is 97.9 Å². The summed E-state index contributed by atoms with van der Waals surface area (Å²) < 4.78 is 0. The molecule has 0 atom stereocenters. The number of hydrogen-bond donors (Lipinski definition) is 1. The normalized spacial score (nSPS) is 10.5. The molecule has 0 fully saturated rings. The molecule has 0 saturated carbocycles. The zero-order valence-electron chi connectivity index (χ0n) is 9.45. The van der Waals surface area contributed by atoms with Crippen LogP contribution < -0.4 is 0 Å². The van der Waals surface area contributed by atoms with Crippen LogP contribution in [-0.2, 0) is 0 Å². The first-order valence-electron chi connectivity index (χ1n) is 4.79. The number of para-hydroxylation sites is 1. The van der Waals surface area contributed by atoms with Gasteiger partial charge in [-0.05, 0) is 24.4 Å². The van der Waals surface area contributed by atoms with E-state index in [9.17, 15) is 14.9 Å². The lowest BCUT2D eigenvalue weighted by Crippen LogP contribution is -2.05. The van der Waals surface area contributed by atoms with Gasteiger partial charge in [-0.3, -0.25) is 10.1 Å². The summed E-state index contributed by atoms with van der Waals surface area (Å²) in [5, 5.41) is 19.8. The van der Waals surface area contributed by atoms with E-state index in [1.54, 1.807) is 25.2 Å². The first kappa shape index (κ1) is 12.7. The molecule has 1 aromatic rings.